The topological polar surface area (TPSA) is 29.5 Å². The average molecular weight is 392 g/mol. The number of fused-ring (bicyclic) bond motifs is 1. The van der Waals surface area contributed by atoms with Crippen molar-refractivity contribution in [2.45, 2.75) is 95.6 Å². The maximum absolute atomic E-state index is 13.5. The van der Waals surface area contributed by atoms with Gasteiger partial charge in [-0.1, -0.05) is 32.9 Å². The number of halogens is 1. The number of carbonyl (C=O) groups excluding carboxylic acids is 1. The van der Waals surface area contributed by atoms with Crippen LogP contribution in [0.3, 0.4) is 0 Å². The van der Waals surface area contributed by atoms with Crippen molar-refractivity contribution in [1.29, 1.82) is 0 Å². The van der Waals surface area contributed by atoms with Gasteiger partial charge in [0, 0.05) is 12.5 Å². The SMILES string of the molecule is CC(C)(C)[Si](C)(C)O[C@]1(C)C[C@H]2CCCC(=O)N2[C@H](c2ccc(F)cc2)C1. The first-order chi connectivity index (χ1) is 12.4. The molecule has 2 saturated heterocycles. The lowest BCUT2D eigenvalue weighted by atomic mass is 9.77. The predicted octanol–water partition coefficient (Wildman–Crippen LogP) is 5.82. The van der Waals surface area contributed by atoms with Gasteiger partial charge < -0.3 is 9.33 Å². The van der Waals surface area contributed by atoms with Gasteiger partial charge >= 0.3 is 0 Å². The zero-order valence-electron chi connectivity index (χ0n) is 17.6. The Kier molecular flexibility index (Phi) is 5.32. The first-order valence-corrected chi connectivity index (χ1v) is 13.1. The van der Waals surface area contributed by atoms with E-state index in [-0.39, 0.29) is 34.4 Å². The van der Waals surface area contributed by atoms with Crippen molar-refractivity contribution in [3.8, 4) is 0 Å². The number of rotatable bonds is 3. The van der Waals surface area contributed by atoms with E-state index >= 15 is 0 Å². The molecule has 0 saturated carbocycles. The molecule has 0 unspecified atom stereocenters. The molecule has 150 valence electrons. The molecule has 0 aliphatic carbocycles. The number of amides is 1. The number of nitrogens with zero attached hydrogens (tertiary/aromatic N) is 1. The van der Waals surface area contributed by atoms with Crippen LogP contribution in [0.15, 0.2) is 24.3 Å². The highest BCUT2D eigenvalue weighted by atomic mass is 28.4. The van der Waals surface area contributed by atoms with Crippen molar-refractivity contribution >= 4 is 14.2 Å². The highest BCUT2D eigenvalue weighted by molar-refractivity contribution is 6.74. The molecule has 3 atom stereocenters. The van der Waals surface area contributed by atoms with Gasteiger partial charge in [0.1, 0.15) is 5.82 Å². The number of piperidine rings is 2. The molecule has 3 rings (SSSR count). The summed E-state index contributed by atoms with van der Waals surface area (Å²) in [6.45, 7) is 13.6. The van der Waals surface area contributed by atoms with Gasteiger partial charge in [0.2, 0.25) is 5.91 Å². The molecule has 1 amide bonds. The Morgan fingerprint density at radius 1 is 1.19 bits per heavy atom. The third-order valence-corrected chi connectivity index (χ3v) is 11.4. The fourth-order valence-electron chi connectivity index (χ4n) is 4.49. The summed E-state index contributed by atoms with van der Waals surface area (Å²) >= 11 is 0. The minimum absolute atomic E-state index is 0.0353. The van der Waals surface area contributed by atoms with Crippen molar-refractivity contribution in [3.63, 3.8) is 0 Å². The molecule has 0 spiro atoms. The van der Waals surface area contributed by atoms with Gasteiger partial charge in [-0.15, -0.1) is 0 Å². The van der Waals surface area contributed by atoms with Crippen molar-refractivity contribution in [3.05, 3.63) is 35.6 Å². The lowest BCUT2D eigenvalue weighted by molar-refractivity contribution is -0.149. The summed E-state index contributed by atoms with van der Waals surface area (Å²) in [4.78, 5) is 14.8. The standard InChI is InChI=1S/C22H34FNO2Si/c1-21(2,3)27(5,6)26-22(4)14-18-8-7-9-20(25)24(18)19(15-22)16-10-12-17(23)13-11-16/h10-13,18-19H,7-9,14-15H2,1-6H3/t18-,19+,22-/m1/s1. The van der Waals surface area contributed by atoms with E-state index in [9.17, 15) is 9.18 Å². The second kappa shape index (κ2) is 7.00. The smallest absolute Gasteiger partial charge is 0.223 e. The van der Waals surface area contributed by atoms with Gasteiger partial charge in [0.05, 0.1) is 11.6 Å². The molecular weight excluding hydrogens is 357 g/mol. The van der Waals surface area contributed by atoms with Gasteiger partial charge in [-0.05, 0) is 68.4 Å². The van der Waals surface area contributed by atoms with E-state index in [0.29, 0.717) is 6.42 Å². The molecule has 3 nitrogen and oxygen atoms in total. The third-order valence-electron chi connectivity index (χ3n) is 6.80. The Balaban J connectivity index is 1.95. The number of carbonyl (C=O) groups is 1. The molecule has 2 fully saturated rings. The Morgan fingerprint density at radius 2 is 1.81 bits per heavy atom. The van der Waals surface area contributed by atoms with E-state index in [2.05, 4.69) is 45.7 Å². The van der Waals surface area contributed by atoms with Gasteiger partial charge in [-0.2, -0.15) is 0 Å². The molecule has 1 aromatic carbocycles. The van der Waals surface area contributed by atoms with Gasteiger partial charge in [-0.25, -0.2) is 4.39 Å². The van der Waals surface area contributed by atoms with E-state index in [1.54, 1.807) is 0 Å². The van der Waals surface area contributed by atoms with E-state index in [0.717, 1.165) is 31.2 Å². The molecule has 0 N–H and O–H groups in total. The fourth-order valence-corrected chi connectivity index (χ4v) is 6.20. The van der Waals surface area contributed by atoms with Crippen LogP contribution in [0.25, 0.3) is 0 Å². The Bertz CT molecular complexity index is 697. The number of hydrogen-bond acceptors (Lipinski definition) is 2. The Morgan fingerprint density at radius 3 is 2.41 bits per heavy atom. The molecule has 1 aromatic rings. The predicted molar refractivity (Wildman–Crippen MR) is 110 cm³/mol. The second-order valence-electron chi connectivity index (χ2n) is 10.1. The summed E-state index contributed by atoms with van der Waals surface area (Å²) in [6.07, 6.45) is 4.26. The van der Waals surface area contributed by atoms with Gasteiger partial charge in [-0.3, -0.25) is 4.79 Å². The normalized spacial score (nSPS) is 29.6. The van der Waals surface area contributed by atoms with Crippen LogP contribution in [0.2, 0.25) is 18.1 Å². The largest absolute Gasteiger partial charge is 0.411 e. The zero-order chi connectivity index (χ0) is 20.0. The molecular formula is C22H34FNO2Si. The summed E-state index contributed by atoms with van der Waals surface area (Å²) in [5, 5.41) is 0.140. The lowest BCUT2D eigenvalue weighted by Crippen LogP contribution is -2.59. The highest BCUT2D eigenvalue weighted by Gasteiger charge is 2.50. The van der Waals surface area contributed by atoms with Crippen LogP contribution in [0.4, 0.5) is 4.39 Å². The summed E-state index contributed by atoms with van der Waals surface area (Å²) in [5.41, 5.74) is 0.752. The molecule has 0 aromatic heterocycles. The van der Waals surface area contributed by atoms with Crippen LogP contribution in [0.1, 0.15) is 71.4 Å². The number of hydrogen-bond donors (Lipinski definition) is 0. The molecule has 0 radical (unpaired) electrons. The first-order valence-electron chi connectivity index (χ1n) is 10.2. The lowest BCUT2D eigenvalue weighted by Gasteiger charge is -2.54. The molecule has 5 heteroatoms. The minimum Gasteiger partial charge on any atom is -0.411 e. The first kappa shape index (κ1) is 20.5. The molecule has 0 bridgehead atoms. The van der Waals surface area contributed by atoms with Gasteiger partial charge in [0.15, 0.2) is 8.32 Å². The maximum Gasteiger partial charge on any atom is 0.223 e. The summed E-state index contributed by atoms with van der Waals surface area (Å²) in [6, 6.07) is 6.84. The maximum atomic E-state index is 13.5. The number of benzene rings is 1. The Hall–Kier alpha value is -1.20. The summed E-state index contributed by atoms with van der Waals surface area (Å²) < 4.78 is 20.4. The van der Waals surface area contributed by atoms with Crippen LogP contribution in [0, 0.1) is 5.82 Å². The van der Waals surface area contributed by atoms with Crippen molar-refractivity contribution < 1.29 is 13.6 Å². The zero-order valence-corrected chi connectivity index (χ0v) is 18.6. The molecule has 27 heavy (non-hydrogen) atoms. The Labute approximate surface area is 164 Å². The van der Waals surface area contributed by atoms with E-state index in [1.807, 2.05) is 12.1 Å². The van der Waals surface area contributed by atoms with E-state index in [4.69, 9.17) is 4.43 Å². The van der Waals surface area contributed by atoms with Gasteiger partial charge in [0.25, 0.3) is 0 Å². The van der Waals surface area contributed by atoms with E-state index in [1.165, 1.54) is 12.1 Å². The molecule has 2 aliphatic heterocycles. The highest BCUT2D eigenvalue weighted by Crippen LogP contribution is 2.48. The summed E-state index contributed by atoms with van der Waals surface area (Å²) in [5.74, 6) is -0.00804. The van der Waals surface area contributed by atoms with E-state index < -0.39 is 8.32 Å². The monoisotopic (exact) mass is 391 g/mol. The van der Waals surface area contributed by atoms with Crippen molar-refractivity contribution in [1.82, 2.24) is 4.90 Å². The summed E-state index contributed by atoms with van der Waals surface area (Å²) in [7, 11) is -1.94. The molecule has 2 heterocycles. The third kappa shape index (κ3) is 4.14. The van der Waals surface area contributed by atoms with Crippen molar-refractivity contribution in [2.24, 2.45) is 0 Å². The molecule has 2 aliphatic rings. The van der Waals surface area contributed by atoms with Crippen LogP contribution in [0.5, 0.6) is 0 Å². The van der Waals surface area contributed by atoms with Crippen LogP contribution >= 0.6 is 0 Å². The van der Waals surface area contributed by atoms with Crippen LogP contribution in [-0.2, 0) is 9.22 Å². The average Bonchev–Trinajstić information content (AvgIpc) is 2.52. The quantitative estimate of drug-likeness (QED) is 0.607. The fraction of sp³-hybridized carbons (Fsp3) is 0.682. The minimum atomic E-state index is -1.94. The second-order valence-corrected chi connectivity index (χ2v) is 14.9. The van der Waals surface area contributed by atoms with Crippen LogP contribution < -0.4 is 0 Å². The van der Waals surface area contributed by atoms with Crippen molar-refractivity contribution in [2.75, 3.05) is 0 Å². The van der Waals surface area contributed by atoms with Crippen LogP contribution in [-0.4, -0.2) is 30.8 Å².